The second-order valence-corrected chi connectivity index (χ2v) is 10.5. The fraction of sp³-hybridized carbons (Fsp3) is 0.172. The summed E-state index contributed by atoms with van der Waals surface area (Å²) in [5, 5.41) is 10.3. The minimum atomic E-state index is -0.593. The lowest BCUT2D eigenvalue weighted by molar-refractivity contribution is -0.141. The lowest BCUT2D eigenvalue weighted by Gasteiger charge is -2.45. The van der Waals surface area contributed by atoms with Crippen molar-refractivity contribution in [2.75, 3.05) is 0 Å². The van der Waals surface area contributed by atoms with Crippen LogP contribution in [0.5, 0.6) is 0 Å². The van der Waals surface area contributed by atoms with E-state index in [-0.39, 0.29) is 12.6 Å². The summed E-state index contributed by atoms with van der Waals surface area (Å²) in [6.45, 7) is 0.195. The Morgan fingerprint density at radius 1 is 1.00 bits per heavy atom. The van der Waals surface area contributed by atoms with Gasteiger partial charge in [0, 0.05) is 26.3 Å². The lowest BCUT2D eigenvalue weighted by Crippen LogP contribution is -2.43. The van der Waals surface area contributed by atoms with Crippen LogP contribution in [0.2, 0.25) is 0 Å². The number of halogens is 2. The smallest absolute Gasteiger partial charge is 0.337 e. The van der Waals surface area contributed by atoms with Gasteiger partial charge in [-0.3, -0.25) is 0 Å². The van der Waals surface area contributed by atoms with Crippen LogP contribution in [0.25, 0.3) is 5.76 Å². The number of hydrogen-bond donors (Lipinski definition) is 0. The van der Waals surface area contributed by atoms with Gasteiger partial charge in [0.05, 0.1) is 17.2 Å². The number of nitriles is 1. The summed E-state index contributed by atoms with van der Waals surface area (Å²) in [5.41, 5.74) is 3.23. The Hall–Kier alpha value is -3.14. The molecule has 35 heavy (non-hydrogen) atoms. The van der Waals surface area contributed by atoms with E-state index in [0.717, 1.165) is 25.6 Å². The Morgan fingerprint density at radius 3 is 2.31 bits per heavy atom. The molecule has 2 atom stereocenters. The second-order valence-electron chi connectivity index (χ2n) is 8.65. The van der Waals surface area contributed by atoms with Crippen molar-refractivity contribution in [3.63, 3.8) is 0 Å². The molecule has 1 heterocycles. The average molecular weight is 591 g/mol. The van der Waals surface area contributed by atoms with Crippen LogP contribution in [0, 0.1) is 11.3 Å². The number of esters is 1. The van der Waals surface area contributed by atoms with Crippen molar-refractivity contribution in [3.8, 4) is 6.07 Å². The van der Waals surface area contributed by atoms with Crippen LogP contribution in [-0.2, 0) is 26.3 Å². The summed E-state index contributed by atoms with van der Waals surface area (Å²) >= 11 is 6.98. The molecule has 174 valence electrons. The average Bonchev–Trinajstić information content (AvgIpc) is 2.88. The van der Waals surface area contributed by atoms with Gasteiger partial charge in [-0.05, 0) is 41.8 Å². The zero-order chi connectivity index (χ0) is 24.4. The van der Waals surface area contributed by atoms with Crippen LogP contribution in [0.1, 0.15) is 29.5 Å². The molecule has 2 aliphatic rings. The van der Waals surface area contributed by atoms with E-state index in [1.165, 1.54) is 0 Å². The van der Waals surface area contributed by atoms with E-state index >= 15 is 0 Å². The van der Waals surface area contributed by atoms with Gasteiger partial charge >= 0.3 is 5.97 Å². The molecular formula is C29H21Br2NO3. The third kappa shape index (κ3) is 4.59. The Kier molecular flexibility index (Phi) is 6.64. The highest BCUT2D eigenvalue weighted by Crippen LogP contribution is 2.52. The van der Waals surface area contributed by atoms with Crippen LogP contribution in [0.15, 0.2) is 105 Å². The van der Waals surface area contributed by atoms with Gasteiger partial charge in [-0.1, -0.05) is 92.5 Å². The maximum atomic E-state index is 13.1. The van der Waals surface area contributed by atoms with Crippen molar-refractivity contribution in [1.82, 2.24) is 0 Å². The Balaban J connectivity index is 1.55. The summed E-state index contributed by atoms with van der Waals surface area (Å²) in [7, 11) is 0. The van der Waals surface area contributed by atoms with E-state index in [9.17, 15) is 10.1 Å². The number of carbonyl (C=O) groups is 1. The Morgan fingerprint density at radius 2 is 1.66 bits per heavy atom. The largest absolute Gasteiger partial charge is 0.484 e. The number of ether oxygens (including phenoxy) is 2. The molecule has 0 N–H and O–H groups in total. The van der Waals surface area contributed by atoms with Crippen molar-refractivity contribution >= 4 is 43.6 Å². The molecule has 0 radical (unpaired) electrons. The first-order valence-corrected chi connectivity index (χ1v) is 12.8. The number of allylic oxidation sites excluding steroid dienone is 2. The molecule has 3 aromatic rings. The third-order valence-corrected chi connectivity index (χ3v) is 7.64. The van der Waals surface area contributed by atoms with Crippen LogP contribution in [0.4, 0.5) is 0 Å². The van der Waals surface area contributed by atoms with Gasteiger partial charge in [-0.25, -0.2) is 4.79 Å². The Labute approximate surface area is 221 Å². The molecule has 0 fully saturated rings. The minimum absolute atomic E-state index is 0.195. The second kappa shape index (κ2) is 9.85. The molecule has 0 unspecified atom stereocenters. The van der Waals surface area contributed by atoms with Crippen molar-refractivity contribution in [3.05, 3.63) is 122 Å². The topological polar surface area (TPSA) is 59.3 Å². The van der Waals surface area contributed by atoms with Gasteiger partial charge in [-0.2, -0.15) is 5.26 Å². The molecule has 0 saturated carbocycles. The van der Waals surface area contributed by atoms with Crippen LogP contribution in [0.3, 0.4) is 0 Å². The van der Waals surface area contributed by atoms with Gasteiger partial charge in [0.25, 0.3) is 0 Å². The molecule has 4 nitrogen and oxygen atoms in total. The number of nitrogens with zero attached hydrogens (tertiary/aromatic N) is 1. The highest BCUT2D eigenvalue weighted by Gasteiger charge is 2.49. The normalized spacial score (nSPS) is 20.9. The third-order valence-electron chi connectivity index (χ3n) is 6.58. The zero-order valence-electron chi connectivity index (χ0n) is 18.7. The first-order valence-electron chi connectivity index (χ1n) is 11.2. The van der Waals surface area contributed by atoms with Crippen molar-refractivity contribution in [1.29, 1.82) is 5.26 Å². The standard InChI is InChI=1S/C29H21Br2NO3/c30-22-10-6-20(7-11-22)27-25(17-32)29(21-8-12-23(31)13-9-21)15-14-24(26(16-29)35-27)28(33)34-18-19-4-2-1-3-5-19/h1-14,26H,15-16,18H2/t26-,29-/m0/s1. The molecule has 1 aliphatic heterocycles. The first-order chi connectivity index (χ1) is 17.0. The summed E-state index contributed by atoms with van der Waals surface area (Å²) in [4.78, 5) is 13.1. The SMILES string of the molecule is N#CC1=C(c2ccc(Br)cc2)O[C@H]2C[C@]1(c1ccc(Br)cc1)CC=C2C(=O)OCc1ccccc1. The van der Waals surface area contributed by atoms with Crippen molar-refractivity contribution < 1.29 is 14.3 Å². The number of fused-ring (bicyclic) bond motifs is 2. The molecular weight excluding hydrogens is 570 g/mol. The monoisotopic (exact) mass is 589 g/mol. The summed E-state index contributed by atoms with van der Waals surface area (Å²) in [5.74, 6) is 0.124. The molecule has 0 saturated heterocycles. The number of rotatable bonds is 5. The molecule has 5 rings (SSSR count). The van der Waals surface area contributed by atoms with E-state index in [0.29, 0.717) is 29.7 Å². The molecule has 1 aliphatic carbocycles. The number of benzene rings is 3. The summed E-state index contributed by atoms with van der Waals surface area (Å²) in [6, 6.07) is 27.8. The van der Waals surface area contributed by atoms with Crippen LogP contribution in [-0.4, -0.2) is 12.1 Å². The Bertz CT molecular complexity index is 1360. The first kappa shape index (κ1) is 23.6. The number of hydrogen-bond acceptors (Lipinski definition) is 4. The van der Waals surface area contributed by atoms with Gasteiger partial charge in [-0.15, -0.1) is 0 Å². The van der Waals surface area contributed by atoms with Gasteiger partial charge in [0.2, 0.25) is 0 Å². The fourth-order valence-corrected chi connectivity index (χ4v) is 5.32. The molecule has 6 heteroatoms. The van der Waals surface area contributed by atoms with E-state index < -0.39 is 11.5 Å². The van der Waals surface area contributed by atoms with Crippen LogP contribution < -0.4 is 0 Å². The minimum Gasteiger partial charge on any atom is -0.484 e. The number of carbonyl (C=O) groups excluding carboxylic acids is 1. The highest BCUT2D eigenvalue weighted by atomic mass is 79.9. The van der Waals surface area contributed by atoms with Crippen molar-refractivity contribution in [2.24, 2.45) is 0 Å². The quantitative estimate of drug-likeness (QED) is 0.294. The molecule has 3 aromatic carbocycles. The van der Waals surface area contributed by atoms with Crippen molar-refractivity contribution in [2.45, 2.75) is 31.0 Å². The predicted molar refractivity (Wildman–Crippen MR) is 141 cm³/mol. The zero-order valence-corrected chi connectivity index (χ0v) is 21.9. The van der Waals surface area contributed by atoms with Crippen LogP contribution >= 0.6 is 31.9 Å². The van der Waals surface area contributed by atoms with E-state index in [1.807, 2.05) is 84.9 Å². The molecule has 0 aromatic heterocycles. The lowest BCUT2D eigenvalue weighted by atomic mass is 9.63. The van der Waals surface area contributed by atoms with E-state index in [1.54, 1.807) is 0 Å². The fourth-order valence-electron chi connectivity index (χ4n) is 4.79. The predicted octanol–water partition coefficient (Wildman–Crippen LogP) is 7.25. The maximum absolute atomic E-state index is 13.1. The molecule has 0 amide bonds. The van der Waals surface area contributed by atoms with E-state index in [2.05, 4.69) is 37.9 Å². The van der Waals surface area contributed by atoms with Gasteiger partial charge < -0.3 is 9.47 Å². The van der Waals surface area contributed by atoms with E-state index in [4.69, 9.17) is 9.47 Å². The summed E-state index contributed by atoms with van der Waals surface area (Å²) in [6.07, 6.45) is 2.36. The van der Waals surface area contributed by atoms with Gasteiger partial charge in [0.15, 0.2) is 0 Å². The molecule has 2 bridgehead atoms. The maximum Gasteiger partial charge on any atom is 0.337 e. The molecule has 0 spiro atoms. The highest BCUT2D eigenvalue weighted by molar-refractivity contribution is 9.10. The summed E-state index contributed by atoms with van der Waals surface area (Å²) < 4.78 is 13.9. The van der Waals surface area contributed by atoms with Gasteiger partial charge in [0.1, 0.15) is 18.5 Å².